The minimum Gasteiger partial charge on any atom is -0.326 e. The van der Waals surface area contributed by atoms with E-state index in [0.29, 0.717) is 23.1 Å². The van der Waals surface area contributed by atoms with E-state index in [2.05, 4.69) is 26.9 Å². The van der Waals surface area contributed by atoms with Crippen LogP contribution in [0.15, 0.2) is 59.8 Å². The zero-order valence-electron chi connectivity index (χ0n) is 18.6. The van der Waals surface area contributed by atoms with Crippen LogP contribution in [0.1, 0.15) is 27.9 Å². The summed E-state index contributed by atoms with van der Waals surface area (Å²) in [6.07, 6.45) is 0. The number of carbonyl (C=O) groups excluding carboxylic acids is 1. The van der Waals surface area contributed by atoms with Crippen molar-refractivity contribution in [3.63, 3.8) is 0 Å². The highest BCUT2D eigenvalue weighted by Crippen LogP contribution is 2.28. The fourth-order valence-electron chi connectivity index (χ4n) is 3.51. The number of nitrogens with zero attached hydrogens (tertiary/aromatic N) is 6. The van der Waals surface area contributed by atoms with E-state index in [1.807, 2.05) is 79.9 Å². The number of aromatic nitrogens is 5. The van der Waals surface area contributed by atoms with Gasteiger partial charge < -0.3 is 9.88 Å². The second-order valence-corrected chi connectivity index (χ2v) is 8.61. The van der Waals surface area contributed by atoms with E-state index >= 15 is 0 Å². The van der Waals surface area contributed by atoms with Gasteiger partial charge in [-0.25, -0.2) is 0 Å². The van der Waals surface area contributed by atoms with Crippen LogP contribution < -0.4 is 5.32 Å². The van der Waals surface area contributed by atoms with Gasteiger partial charge in [0.25, 0.3) is 0 Å². The highest BCUT2D eigenvalue weighted by atomic mass is 32.2. The van der Waals surface area contributed by atoms with Crippen molar-refractivity contribution in [2.45, 2.75) is 32.5 Å². The Hall–Kier alpha value is -3.90. The van der Waals surface area contributed by atoms with Crippen LogP contribution in [0.3, 0.4) is 0 Å². The topological polar surface area (TPSA) is 101 Å². The second-order valence-electron chi connectivity index (χ2n) is 7.66. The summed E-state index contributed by atoms with van der Waals surface area (Å²) in [5.74, 6) is 0.382. The molecule has 4 rings (SSSR count). The second kappa shape index (κ2) is 9.71. The predicted octanol–water partition coefficient (Wildman–Crippen LogP) is 4.04. The minimum absolute atomic E-state index is 0.103. The van der Waals surface area contributed by atoms with Crippen molar-refractivity contribution in [3.05, 3.63) is 82.5 Å². The van der Waals surface area contributed by atoms with Gasteiger partial charge in [-0.15, -0.1) is 5.10 Å². The van der Waals surface area contributed by atoms with Crippen molar-refractivity contribution < 1.29 is 4.79 Å². The van der Waals surface area contributed by atoms with Crippen LogP contribution in [0.5, 0.6) is 0 Å². The molecule has 33 heavy (non-hydrogen) atoms. The highest BCUT2D eigenvalue weighted by molar-refractivity contribution is 7.99. The summed E-state index contributed by atoms with van der Waals surface area (Å²) in [5.41, 5.74) is 5.33. The van der Waals surface area contributed by atoms with Crippen LogP contribution in [0.4, 0.5) is 5.82 Å². The number of hydrogen-bond acceptors (Lipinski definition) is 6. The Morgan fingerprint density at radius 2 is 1.82 bits per heavy atom. The zero-order chi connectivity index (χ0) is 23.4. The fourth-order valence-corrected chi connectivity index (χ4v) is 4.20. The Labute approximate surface area is 196 Å². The van der Waals surface area contributed by atoms with Gasteiger partial charge in [-0.2, -0.15) is 9.94 Å². The number of benzene rings is 2. The molecular weight excluding hydrogens is 434 g/mol. The summed E-state index contributed by atoms with van der Waals surface area (Å²) < 4.78 is 3.58. The van der Waals surface area contributed by atoms with Gasteiger partial charge in [0.2, 0.25) is 11.1 Å². The van der Waals surface area contributed by atoms with Crippen LogP contribution in [0, 0.1) is 32.1 Å². The number of hydrogen-bond donors (Lipinski definition) is 1. The number of carbonyl (C=O) groups is 1. The molecule has 4 aromatic rings. The van der Waals surface area contributed by atoms with Crippen molar-refractivity contribution >= 4 is 23.5 Å². The molecule has 8 nitrogen and oxygen atoms in total. The third kappa shape index (κ3) is 4.81. The van der Waals surface area contributed by atoms with Gasteiger partial charge in [0.1, 0.15) is 11.9 Å². The molecule has 9 heteroatoms. The minimum atomic E-state index is -0.234. The summed E-state index contributed by atoms with van der Waals surface area (Å²) >= 11 is 1.24. The molecule has 0 unspecified atom stereocenters. The number of thioether (sulfide) groups is 1. The zero-order valence-corrected chi connectivity index (χ0v) is 19.4. The quantitative estimate of drug-likeness (QED) is 0.420. The van der Waals surface area contributed by atoms with Crippen molar-refractivity contribution in [2.75, 3.05) is 11.1 Å². The van der Waals surface area contributed by atoms with Crippen molar-refractivity contribution in [3.8, 4) is 11.8 Å². The molecule has 0 spiro atoms. The number of rotatable bonds is 7. The number of amides is 1. The Morgan fingerprint density at radius 3 is 2.52 bits per heavy atom. The SMILES string of the molecule is Cc1ccc(-n2nnnc2SCC(=O)Nc2c(C#N)c(C)c(C)n2Cc2ccccc2)cc1. The van der Waals surface area contributed by atoms with Crippen LogP contribution in [-0.4, -0.2) is 36.4 Å². The molecule has 0 radical (unpaired) electrons. The van der Waals surface area contributed by atoms with E-state index in [1.165, 1.54) is 11.8 Å². The summed E-state index contributed by atoms with van der Waals surface area (Å²) in [6.45, 7) is 6.42. The molecule has 0 aliphatic carbocycles. The molecule has 0 saturated carbocycles. The van der Waals surface area contributed by atoms with Crippen molar-refractivity contribution in [1.82, 2.24) is 24.8 Å². The first-order chi connectivity index (χ1) is 16.0. The van der Waals surface area contributed by atoms with E-state index in [1.54, 1.807) is 4.68 Å². The lowest BCUT2D eigenvalue weighted by Gasteiger charge is -2.13. The average molecular weight is 458 g/mol. The van der Waals surface area contributed by atoms with E-state index in [4.69, 9.17) is 0 Å². The van der Waals surface area contributed by atoms with Crippen LogP contribution in [0.25, 0.3) is 5.69 Å². The Morgan fingerprint density at radius 1 is 1.09 bits per heavy atom. The number of nitriles is 1. The normalized spacial score (nSPS) is 10.7. The summed E-state index contributed by atoms with van der Waals surface area (Å²) in [7, 11) is 0. The van der Waals surface area contributed by atoms with E-state index in [0.717, 1.165) is 28.1 Å². The average Bonchev–Trinajstić information content (AvgIpc) is 3.38. The monoisotopic (exact) mass is 457 g/mol. The molecule has 0 aliphatic rings. The smallest absolute Gasteiger partial charge is 0.235 e. The third-order valence-electron chi connectivity index (χ3n) is 5.43. The van der Waals surface area contributed by atoms with Crippen molar-refractivity contribution in [1.29, 1.82) is 5.26 Å². The molecule has 0 bridgehead atoms. The number of aryl methyl sites for hydroxylation is 1. The highest BCUT2D eigenvalue weighted by Gasteiger charge is 2.20. The molecular formula is C24H23N7OS. The molecule has 2 aromatic heterocycles. The third-order valence-corrected chi connectivity index (χ3v) is 6.35. The molecule has 0 saturated heterocycles. The molecule has 0 atom stereocenters. The maximum absolute atomic E-state index is 12.9. The van der Waals surface area contributed by atoms with Gasteiger partial charge >= 0.3 is 0 Å². The van der Waals surface area contributed by atoms with Gasteiger partial charge in [-0.05, 0) is 54.5 Å². The van der Waals surface area contributed by atoms with Crippen LogP contribution in [0.2, 0.25) is 0 Å². The summed E-state index contributed by atoms with van der Waals surface area (Å²) in [5, 5.41) is 25.0. The van der Waals surface area contributed by atoms with Crippen molar-refractivity contribution in [2.24, 2.45) is 0 Å². The maximum atomic E-state index is 12.9. The lowest BCUT2D eigenvalue weighted by Crippen LogP contribution is -2.19. The number of nitrogens with one attached hydrogen (secondary N) is 1. The van der Waals surface area contributed by atoms with Gasteiger partial charge in [0.15, 0.2) is 0 Å². The Bertz CT molecular complexity index is 1320. The van der Waals surface area contributed by atoms with E-state index in [-0.39, 0.29) is 11.7 Å². The maximum Gasteiger partial charge on any atom is 0.235 e. The molecule has 0 aliphatic heterocycles. The summed E-state index contributed by atoms with van der Waals surface area (Å²) in [6, 6.07) is 20.0. The van der Waals surface area contributed by atoms with Gasteiger partial charge in [0, 0.05) is 12.2 Å². The van der Waals surface area contributed by atoms with Gasteiger partial charge in [0.05, 0.1) is 17.0 Å². The van der Waals surface area contributed by atoms with E-state index in [9.17, 15) is 10.1 Å². The van der Waals surface area contributed by atoms with Crippen LogP contribution in [-0.2, 0) is 11.3 Å². The van der Waals surface area contributed by atoms with Gasteiger partial charge in [-0.1, -0.05) is 59.8 Å². The molecule has 2 aromatic carbocycles. The first-order valence-corrected chi connectivity index (χ1v) is 11.4. The number of tetrazole rings is 1. The Kier molecular flexibility index (Phi) is 6.56. The van der Waals surface area contributed by atoms with Gasteiger partial charge in [-0.3, -0.25) is 4.79 Å². The predicted molar refractivity (Wildman–Crippen MR) is 127 cm³/mol. The molecule has 0 fully saturated rings. The fraction of sp³-hybridized carbons (Fsp3) is 0.208. The Balaban J connectivity index is 1.52. The molecule has 166 valence electrons. The molecule has 1 N–H and O–H groups in total. The number of anilines is 1. The molecule has 1 amide bonds. The lowest BCUT2D eigenvalue weighted by atomic mass is 10.2. The first-order valence-electron chi connectivity index (χ1n) is 10.4. The first kappa shape index (κ1) is 22.3. The van der Waals surface area contributed by atoms with Crippen LogP contribution >= 0.6 is 11.8 Å². The molecule has 2 heterocycles. The summed E-state index contributed by atoms with van der Waals surface area (Å²) in [4.78, 5) is 12.9. The lowest BCUT2D eigenvalue weighted by molar-refractivity contribution is -0.113. The largest absolute Gasteiger partial charge is 0.326 e. The van der Waals surface area contributed by atoms with E-state index < -0.39 is 0 Å². The standard InChI is InChI=1S/C24H23N7OS/c1-16-9-11-20(12-10-16)31-24(27-28-29-31)33-15-22(32)26-23-21(13-25)17(2)18(3)30(23)14-19-7-5-4-6-8-19/h4-12H,14-15H2,1-3H3,(H,26,32).